The van der Waals surface area contributed by atoms with Gasteiger partial charge in [-0.05, 0) is 41.8 Å². The number of carbonyl (C=O) groups is 2. The van der Waals surface area contributed by atoms with Crippen molar-refractivity contribution in [3.05, 3.63) is 70.4 Å². The van der Waals surface area contributed by atoms with Crippen molar-refractivity contribution in [3.8, 4) is 0 Å². The molecule has 4 N–H and O–H groups in total. The van der Waals surface area contributed by atoms with E-state index in [-0.39, 0.29) is 11.9 Å². The van der Waals surface area contributed by atoms with Gasteiger partial charge in [0.25, 0.3) is 5.91 Å². The first-order valence-corrected chi connectivity index (χ1v) is 8.55. The van der Waals surface area contributed by atoms with Crippen molar-refractivity contribution in [3.63, 3.8) is 0 Å². The Morgan fingerprint density at radius 3 is 2.73 bits per heavy atom. The largest absolute Gasteiger partial charge is 0.465 e. The third kappa shape index (κ3) is 2.99. The number of aromatic amines is 1. The molecule has 2 aromatic carbocycles. The minimum atomic E-state index is -1.12. The van der Waals surface area contributed by atoms with Crippen LogP contribution in [0.3, 0.4) is 0 Å². The zero-order chi connectivity index (χ0) is 18.3. The molecule has 0 aliphatic heterocycles. The molecular weight excluding hydrogens is 354 g/mol. The van der Waals surface area contributed by atoms with Gasteiger partial charge in [0, 0.05) is 15.9 Å². The summed E-state index contributed by atoms with van der Waals surface area (Å²) in [4.78, 5) is 26.9. The number of carboxylic acid groups (broad SMARTS) is 1. The predicted molar refractivity (Wildman–Crippen MR) is 98.6 cm³/mol. The number of amides is 2. The number of nitrogens with one attached hydrogen (secondary N) is 3. The van der Waals surface area contributed by atoms with Crippen LogP contribution in [-0.2, 0) is 6.42 Å². The first-order chi connectivity index (χ1) is 12.5. The van der Waals surface area contributed by atoms with E-state index in [0.29, 0.717) is 17.1 Å². The van der Waals surface area contributed by atoms with Crippen LogP contribution < -0.4 is 10.6 Å². The molecule has 26 heavy (non-hydrogen) atoms. The zero-order valence-corrected chi connectivity index (χ0v) is 14.4. The van der Waals surface area contributed by atoms with Gasteiger partial charge in [-0.15, -0.1) is 0 Å². The quantitative estimate of drug-likeness (QED) is 0.569. The lowest BCUT2D eigenvalue weighted by Crippen LogP contribution is -2.44. The number of hydrogen-bond acceptors (Lipinski definition) is 2. The molecule has 0 saturated heterocycles. The third-order valence-corrected chi connectivity index (χ3v) is 4.89. The monoisotopic (exact) mass is 369 g/mol. The van der Waals surface area contributed by atoms with E-state index in [1.165, 1.54) is 0 Å². The molecule has 6 nitrogen and oxygen atoms in total. The molecule has 7 heteroatoms. The summed E-state index contributed by atoms with van der Waals surface area (Å²) in [5, 5.41) is 16.0. The van der Waals surface area contributed by atoms with Crippen LogP contribution in [0.2, 0.25) is 5.02 Å². The van der Waals surface area contributed by atoms with Crippen LogP contribution in [0.1, 0.15) is 27.7 Å². The van der Waals surface area contributed by atoms with Crippen LogP contribution in [0.5, 0.6) is 0 Å². The Bertz CT molecular complexity index is 1010. The lowest BCUT2D eigenvalue weighted by Gasteiger charge is -2.21. The van der Waals surface area contributed by atoms with E-state index in [2.05, 4.69) is 15.6 Å². The lowest BCUT2D eigenvalue weighted by atomic mass is 10.1. The molecule has 0 bridgehead atoms. The first kappa shape index (κ1) is 16.5. The first-order valence-electron chi connectivity index (χ1n) is 8.17. The number of benzene rings is 2. The maximum absolute atomic E-state index is 12.7. The van der Waals surface area contributed by atoms with Gasteiger partial charge >= 0.3 is 6.09 Å². The predicted octanol–water partition coefficient (Wildman–Crippen LogP) is 3.48. The average molecular weight is 370 g/mol. The molecule has 3 aromatic rings. The molecule has 1 aliphatic rings. The molecule has 0 saturated carbocycles. The van der Waals surface area contributed by atoms with Crippen LogP contribution in [0.15, 0.2) is 48.5 Å². The summed E-state index contributed by atoms with van der Waals surface area (Å²) in [5.74, 6) is -0.285. The Labute approximate surface area is 154 Å². The highest BCUT2D eigenvalue weighted by atomic mass is 35.5. The van der Waals surface area contributed by atoms with Gasteiger partial charge in [0.1, 0.15) is 5.69 Å². The van der Waals surface area contributed by atoms with E-state index in [1.54, 1.807) is 18.2 Å². The van der Waals surface area contributed by atoms with Crippen molar-refractivity contribution < 1.29 is 14.7 Å². The van der Waals surface area contributed by atoms with Gasteiger partial charge in [0.15, 0.2) is 0 Å². The van der Waals surface area contributed by atoms with Gasteiger partial charge in [0.05, 0.1) is 12.1 Å². The van der Waals surface area contributed by atoms with E-state index in [4.69, 9.17) is 16.7 Å². The van der Waals surface area contributed by atoms with Crippen molar-refractivity contribution in [2.45, 2.75) is 18.5 Å². The van der Waals surface area contributed by atoms with Gasteiger partial charge in [0.2, 0.25) is 0 Å². The second-order valence-corrected chi connectivity index (χ2v) is 6.76. The van der Waals surface area contributed by atoms with Crippen LogP contribution in [0.25, 0.3) is 10.9 Å². The molecule has 0 fully saturated rings. The third-order valence-electron chi connectivity index (χ3n) is 4.66. The fraction of sp³-hybridized carbons (Fsp3) is 0.158. The van der Waals surface area contributed by atoms with E-state index in [1.807, 2.05) is 30.3 Å². The van der Waals surface area contributed by atoms with Gasteiger partial charge in [-0.25, -0.2) is 4.79 Å². The molecular formula is C19H16ClN3O3. The molecule has 2 amide bonds. The standard InChI is InChI=1S/C19H16ClN3O3/c20-12-5-6-14-11(7-12)9-16(21-14)18(24)22-15-8-10-3-1-2-4-13(10)17(15)23-19(25)26/h1-7,9,15,17,21,23H,8H2,(H,22,24)(H,25,26)/t15-,17-/m1/s1. The minimum absolute atomic E-state index is 0.285. The SMILES string of the molecule is O=C(O)N[C@@H]1c2ccccc2C[C@H]1NC(=O)c1cc2cc(Cl)ccc2[nH]1. The second kappa shape index (κ2) is 6.38. The van der Waals surface area contributed by atoms with E-state index >= 15 is 0 Å². The Balaban J connectivity index is 1.58. The fourth-order valence-corrected chi connectivity index (χ4v) is 3.69. The molecule has 0 spiro atoms. The summed E-state index contributed by atoms with van der Waals surface area (Å²) in [5.41, 5.74) is 3.14. The summed E-state index contributed by atoms with van der Waals surface area (Å²) in [6, 6.07) is 13.8. The highest BCUT2D eigenvalue weighted by molar-refractivity contribution is 6.31. The van der Waals surface area contributed by atoms with Crippen LogP contribution >= 0.6 is 11.6 Å². The fourth-order valence-electron chi connectivity index (χ4n) is 3.51. The highest BCUT2D eigenvalue weighted by Crippen LogP contribution is 2.31. The van der Waals surface area contributed by atoms with Gasteiger partial charge < -0.3 is 20.7 Å². The molecule has 4 rings (SSSR count). The van der Waals surface area contributed by atoms with Crippen molar-refractivity contribution >= 4 is 34.5 Å². The molecule has 0 radical (unpaired) electrons. The summed E-state index contributed by atoms with van der Waals surface area (Å²) in [6.45, 7) is 0. The number of aromatic nitrogens is 1. The van der Waals surface area contributed by atoms with Crippen LogP contribution in [0.4, 0.5) is 4.79 Å². The summed E-state index contributed by atoms with van der Waals surface area (Å²) in [7, 11) is 0. The smallest absolute Gasteiger partial charge is 0.405 e. The lowest BCUT2D eigenvalue weighted by molar-refractivity contribution is 0.0924. The number of rotatable bonds is 3. The highest BCUT2D eigenvalue weighted by Gasteiger charge is 2.34. The van der Waals surface area contributed by atoms with E-state index < -0.39 is 12.1 Å². The molecule has 132 valence electrons. The Morgan fingerprint density at radius 2 is 1.92 bits per heavy atom. The Morgan fingerprint density at radius 1 is 1.12 bits per heavy atom. The maximum Gasteiger partial charge on any atom is 0.405 e. The molecule has 2 atom stereocenters. The summed E-state index contributed by atoms with van der Waals surface area (Å²) >= 11 is 5.99. The van der Waals surface area contributed by atoms with Gasteiger partial charge in [-0.1, -0.05) is 35.9 Å². The Kier molecular flexibility index (Phi) is 4.05. The van der Waals surface area contributed by atoms with Crippen LogP contribution in [-0.4, -0.2) is 28.1 Å². The minimum Gasteiger partial charge on any atom is -0.465 e. The number of carbonyl (C=O) groups excluding carboxylic acids is 1. The van der Waals surface area contributed by atoms with Gasteiger partial charge in [-0.2, -0.15) is 0 Å². The van der Waals surface area contributed by atoms with E-state index in [0.717, 1.165) is 22.0 Å². The maximum atomic E-state index is 12.7. The molecule has 1 aromatic heterocycles. The van der Waals surface area contributed by atoms with Crippen LogP contribution in [0, 0.1) is 0 Å². The molecule has 1 heterocycles. The number of hydrogen-bond donors (Lipinski definition) is 4. The summed E-state index contributed by atoms with van der Waals surface area (Å²) < 4.78 is 0. The Hall–Kier alpha value is -2.99. The van der Waals surface area contributed by atoms with Crippen molar-refractivity contribution in [2.75, 3.05) is 0 Å². The number of H-pyrrole nitrogens is 1. The topological polar surface area (TPSA) is 94.2 Å². The number of fused-ring (bicyclic) bond motifs is 2. The normalized spacial score (nSPS) is 18.5. The number of halogens is 1. The molecule has 0 unspecified atom stereocenters. The van der Waals surface area contributed by atoms with Crippen molar-refractivity contribution in [1.29, 1.82) is 0 Å². The molecule has 1 aliphatic carbocycles. The van der Waals surface area contributed by atoms with E-state index in [9.17, 15) is 9.59 Å². The second-order valence-electron chi connectivity index (χ2n) is 6.32. The summed E-state index contributed by atoms with van der Waals surface area (Å²) in [6.07, 6.45) is -0.551. The zero-order valence-electron chi connectivity index (χ0n) is 13.6. The van der Waals surface area contributed by atoms with Gasteiger partial charge in [-0.3, -0.25) is 4.79 Å². The van der Waals surface area contributed by atoms with Crippen molar-refractivity contribution in [2.24, 2.45) is 0 Å². The van der Waals surface area contributed by atoms with Crippen molar-refractivity contribution in [1.82, 2.24) is 15.6 Å². The average Bonchev–Trinajstić information content (AvgIpc) is 3.16.